The third kappa shape index (κ3) is 3.49. The number of hydrogen-bond donors (Lipinski definition) is 1. The zero-order valence-corrected chi connectivity index (χ0v) is 10.3. The molecule has 0 aliphatic carbocycles. The van der Waals surface area contributed by atoms with Gasteiger partial charge in [-0.1, -0.05) is 32.6 Å². The number of unbranched alkanes of at least 4 members (excludes halogenated alkanes) is 3. The van der Waals surface area contributed by atoms with Gasteiger partial charge in [0.25, 0.3) is 0 Å². The van der Waals surface area contributed by atoms with Crippen LogP contribution < -0.4 is 5.32 Å². The van der Waals surface area contributed by atoms with Crippen molar-refractivity contribution < 1.29 is 4.79 Å². The molecule has 1 rings (SSSR count). The maximum atomic E-state index is 11.6. The maximum absolute atomic E-state index is 11.6. The SMILES string of the molecule is CCCCCCC(C)N1C(=O)CNC1C. The van der Waals surface area contributed by atoms with Crippen LogP contribution in [0.1, 0.15) is 52.9 Å². The van der Waals surface area contributed by atoms with Gasteiger partial charge in [0, 0.05) is 6.04 Å². The summed E-state index contributed by atoms with van der Waals surface area (Å²) in [6.07, 6.45) is 6.48. The van der Waals surface area contributed by atoms with Crippen molar-refractivity contribution in [2.45, 2.75) is 65.1 Å². The van der Waals surface area contributed by atoms with Crippen LogP contribution in [0.15, 0.2) is 0 Å². The summed E-state index contributed by atoms with van der Waals surface area (Å²) < 4.78 is 0. The van der Waals surface area contributed by atoms with Crippen LogP contribution in [-0.2, 0) is 4.79 Å². The molecule has 15 heavy (non-hydrogen) atoms. The van der Waals surface area contributed by atoms with Crippen molar-refractivity contribution in [3.8, 4) is 0 Å². The Morgan fingerprint density at radius 2 is 2.20 bits per heavy atom. The summed E-state index contributed by atoms with van der Waals surface area (Å²) in [7, 11) is 0. The van der Waals surface area contributed by atoms with Crippen LogP contribution in [0.25, 0.3) is 0 Å². The van der Waals surface area contributed by atoms with Gasteiger partial charge in [0.05, 0.1) is 12.7 Å². The standard InChI is InChI=1S/C12H24N2O/c1-4-5-6-7-8-10(2)14-11(3)13-9-12(14)15/h10-11,13H,4-9H2,1-3H3. The molecule has 0 radical (unpaired) electrons. The van der Waals surface area contributed by atoms with Crippen molar-refractivity contribution >= 4 is 5.91 Å². The topological polar surface area (TPSA) is 32.3 Å². The first-order chi connectivity index (χ1) is 7.16. The predicted octanol–water partition coefficient (Wildman–Crippen LogP) is 2.12. The molecular weight excluding hydrogens is 188 g/mol. The molecule has 0 aromatic carbocycles. The number of amides is 1. The van der Waals surface area contributed by atoms with Crippen molar-refractivity contribution in [2.75, 3.05) is 6.54 Å². The Morgan fingerprint density at radius 3 is 2.73 bits per heavy atom. The zero-order chi connectivity index (χ0) is 11.3. The lowest BCUT2D eigenvalue weighted by atomic mass is 10.1. The highest BCUT2D eigenvalue weighted by atomic mass is 16.2. The normalized spacial score (nSPS) is 23.5. The van der Waals surface area contributed by atoms with Crippen molar-refractivity contribution in [1.29, 1.82) is 0 Å². The van der Waals surface area contributed by atoms with E-state index in [4.69, 9.17) is 0 Å². The fourth-order valence-electron chi connectivity index (χ4n) is 2.27. The molecule has 0 aromatic rings. The third-order valence-electron chi connectivity index (χ3n) is 3.20. The Hall–Kier alpha value is -0.570. The van der Waals surface area contributed by atoms with Gasteiger partial charge < -0.3 is 4.90 Å². The summed E-state index contributed by atoms with van der Waals surface area (Å²) in [6.45, 7) is 6.96. The summed E-state index contributed by atoms with van der Waals surface area (Å²) in [5.74, 6) is 0.255. The first kappa shape index (κ1) is 12.5. The molecule has 1 aliphatic heterocycles. The van der Waals surface area contributed by atoms with Crippen molar-refractivity contribution in [2.24, 2.45) is 0 Å². The molecule has 0 spiro atoms. The monoisotopic (exact) mass is 212 g/mol. The van der Waals surface area contributed by atoms with Crippen LogP contribution in [0, 0.1) is 0 Å². The van der Waals surface area contributed by atoms with Crippen molar-refractivity contribution in [3.63, 3.8) is 0 Å². The van der Waals surface area contributed by atoms with E-state index in [9.17, 15) is 4.79 Å². The van der Waals surface area contributed by atoms with Crippen molar-refractivity contribution in [3.05, 3.63) is 0 Å². The van der Waals surface area contributed by atoms with Gasteiger partial charge in [0.1, 0.15) is 0 Å². The largest absolute Gasteiger partial charge is 0.324 e. The van der Waals surface area contributed by atoms with Gasteiger partial charge in [-0.15, -0.1) is 0 Å². The Morgan fingerprint density at radius 1 is 1.47 bits per heavy atom. The Balaban J connectivity index is 2.26. The lowest BCUT2D eigenvalue weighted by Gasteiger charge is -2.28. The minimum Gasteiger partial charge on any atom is -0.324 e. The quantitative estimate of drug-likeness (QED) is 0.684. The van der Waals surface area contributed by atoms with E-state index in [1.54, 1.807) is 0 Å². The molecule has 3 nitrogen and oxygen atoms in total. The van der Waals surface area contributed by atoms with Gasteiger partial charge in [-0.25, -0.2) is 0 Å². The summed E-state index contributed by atoms with van der Waals surface area (Å²) in [5, 5.41) is 3.18. The van der Waals surface area contributed by atoms with Gasteiger partial charge >= 0.3 is 0 Å². The lowest BCUT2D eigenvalue weighted by molar-refractivity contribution is -0.129. The number of carbonyl (C=O) groups excluding carboxylic acids is 1. The van der Waals surface area contributed by atoms with Crippen LogP contribution in [0.3, 0.4) is 0 Å². The van der Waals surface area contributed by atoms with Crippen molar-refractivity contribution in [1.82, 2.24) is 10.2 Å². The van der Waals surface area contributed by atoms with E-state index in [-0.39, 0.29) is 12.1 Å². The molecule has 1 amide bonds. The van der Waals surface area contributed by atoms with Crippen LogP contribution in [-0.4, -0.2) is 29.6 Å². The third-order valence-corrected chi connectivity index (χ3v) is 3.20. The van der Waals surface area contributed by atoms with Crippen LogP contribution in [0.4, 0.5) is 0 Å². The fraction of sp³-hybridized carbons (Fsp3) is 0.917. The van der Waals surface area contributed by atoms with Gasteiger partial charge in [-0.3, -0.25) is 10.1 Å². The van der Waals surface area contributed by atoms with Crippen LogP contribution in [0.2, 0.25) is 0 Å². The minimum atomic E-state index is 0.221. The fourth-order valence-corrected chi connectivity index (χ4v) is 2.27. The van der Waals surface area contributed by atoms with E-state index in [0.29, 0.717) is 12.6 Å². The second-order valence-electron chi connectivity index (χ2n) is 4.56. The average Bonchev–Trinajstić information content (AvgIpc) is 2.53. The number of hydrogen-bond acceptors (Lipinski definition) is 2. The molecule has 0 saturated carbocycles. The number of nitrogens with one attached hydrogen (secondary N) is 1. The maximum Gasteiger partial charge on any atom is 0.238 e. The molecule has 1 N–H and O–H groups in total. The Bertz CT molecular complexity index is 206. The zero-order valence-electron chi connectivity index (χ0n) is 10.3. The molecule has 88 valence electrons. The lowest BCUT2D eigenvalue weighted by Crippen LogP contribution is -2.41. The number of rotatable bonds is 6. The number of carbonyl (C=O) groups is 1. The first-order valence-corrected chi connectivity index (χ1v) is 6.21. The highest BCUT2D eigenvalue weighted by molar-refractivity contribution is 5.80. The number of nitrogens with zero attached hydrogens (tertiary/aromatic N) is 1. The van der Waals surface area contributed by atoms with E-state index in [0.717, 1.165) is 6.42 Å². The van der Waals surface area contributed by atoms with E-state index in [1.165, 1.54) is 25.7 Å². The second kappa shape index (κ2) is 6.11. The molecule has 1 saturated heterocycles. The smallest absolute Gasteiger partial charge is 0.238 e. The van der Waals surface area contributed by atoms with Crippen LogP contribution in [0.5, 0.6) is 0 Å². The highest BCUT2D eigenvalue weighted by Crippen LogP contribution is 2.15. The summed E-state index contributed by atoms with van der Waals surface area (Å²) >= 11 is 0. The molecule has 0 bridgehead atoms. The van der Waals surface area contributed by atoms with Gasteiger partial charge in [0.2, 0.25) is 5.91 Å². The molecular formula is C12H24N2O. The van der Waals surface area contributed by atoms with E-state index in [2.05, 4.69) is 26.1 Å². The van der Waals surface area contributed by atoms with E-state index < -0.39 is 0 Å². The van der Waals surface area contributed by atoms with Gasteiger partial charge in [-0.05, 0) is 20.3 Å². The van der Waals surface area contributed by atoms with E-state index in [1.807, 2.05) is 4.90 Å². The highest BCUT2D eigenvalue weighted by Gasteiger charge is 2.30. The molecule has 1 heterocycles. The van der Waals surface area contributed by atoms with E-state index >= 15 is 0 Å². The summed E-state index contributed by atoms with van der Waals surface area (Å²) in [5.41, 5.74) is 0. The molecule has 2 atom stereocenters. The minimum absolute atomic E-state index is 0.221. The summed E-state index contributed by atoms with van der Waals surface area (Å²) in [4.78, 5) is 13.6. The predicted molar refractivity (Wildman–Crippen MR) is 62.5 cm³/mol. The Labute approximate surface area is 93.2 Å². The van der Waals surface area contributed by atoms with Gasteiger partial charge in [-0.2, -0.15) is 0 Å². The molecule has 3 heteroatoms. The first-order valence-electron chi connectivity index (χ1n) is 6.21. The molecule has 1 fully saturated rings. The average molecular weight is 212 g/mol. The second-order valence-corrected chi connectivity index (χ2v) is 4.56. The molecule has 1 aliphatic rings. The summed E-state index contributed by atoms with van der Waals surface area (Å²) in [6, 6.07) is 0.388. The molecule has 2 unspecified atom stereocenters. The molecule has 0 aromatic heterocycles. The Kier molecular flexibility index (Phi) is 5.09. The van der Waals surface area contributed by atoms with Gasteiger partial charge in [0.15, 0.2) is 0 Å². The van der Waals surface area contributed by atoms with Crippen LogP contribution >= 0.6 is 0 Å².